The number of hydrogen-bond acceptors (Lipinski definition) is 4. The van der Waals surface area contributed by atoms with Gasteiger partial charge in [0, 0.05) is 20.1 Å². The number of carbonyl (C=O) groups is 2. The van der Waals surface area contributed by atoms with E-state index in [0.717, 1.165) is 3.79 Å². The van der Waals surface area contributed by atoms with Crippen LogP contribution in [0.2, 0.25) is 0 Å². The summed E-state index contributed by atoms with van der Waals surface area (Å²) in [6.07, 6.45) is 0. The maximum Gasteiger partial charge on any atom is 0.264 e. The summed E-state index contributed by atoms with van der Waals surface area (Å²) < 4.78 is 6.10. The first kappa shape index (κ1) is 14.5. The zero-order valence-corrected chi connectivity index (χ0v) is 13.0. The lowest BCUT2D eigenvalue weighted by atomic mass is 10.3. The van der Waals surface area contributed by atoms with Crippen LogP contribution < -0.4 is 0 Å². The van der Waals surface area contributed by atoms with E-state index in [4.69, 9.17) is 4.74 Å². The molecule has 0 radical (unpaired) electrons. The van der Waals surface area contributed by atoms with Crippen LogP contribution in [0.3, 0.4) is 0 Å². The Morgan fingerprint density at radius 3 is 2.68 bits per heavy atom. The SMILES string of the molecule is CN(CC(=O)N1CCOCC1)C(=O)c1ccc(Br)s1. The van der Waals surface area contributed by atoms with Crippen molar-refractivity contribution in [1.29, 1.82) is 0 Å². The molecule has 0 bridgehead atoms. The number of rotatable bonds is 3. The molecular weight excluding hydrogens is 332 g/mol. The van der Waals surface area contributed by atoms with Crippen molar-refractivity contribution in [2.45, 2.75) is 0 Å². The van der Waals surface area contributed by atoms with E-state index in [2.05, 4.69) is 15.9 Å². The topological polar surface area (TPSA) is 49.9 Å². The number of thiophene rings is 1. The van der Waals surface area contributed by atoms with E-state index in [1.54, 1.807) is 18.0 Å². The molecule has 1 aromatic rings. The molecule has 19 heavy (non-hydrogen) atoms. The Bertz CT molecular complexity index is 471. The zero-order chi connectivity index (χ0) is 13.8. The molecule has 1 fully saturated rings. The summed E-state index contributed by atoms with van der Waals surface area (Å²) in [6.45, 7) is 2.45. The number of likely N-dealkylation sites (N-methyl/N-ethyl adjacent to an activating group) is 1. The van der Waals surface area contributed by atoms with E-state index in [0.29, 0.717) is 31.2 Å². The van der Waals surface area contributed by atoms with Crippen molar-refractivity contribution in [3.05, 3.63) is 20.8 Å². The summed E-state index contributed by atoms with van der Waals surface area (Å²) in [5.74, 6) is -0.160. The summed E-state index contributed by atoms with van der Waals surface area (Å²) >= 11 is 4.69. The number of carbonyl (C=O) groups excluding carboxylic acids is 2. The van der Waals surface area contributed by atoms with E-state index < -0.39 is 0 Å². The van der Waals surface area contributed by atoms with E-state index >= 15 is 0 Å². The van der Waals surface area contributed by atoms with Gasteiger partial charge in [0.15, 0.2) is 0 Å². The molecule has 2 amide bonds. The van der Waals surface area contributed by atoms with Crippen molar-refractivity contribution in [2.75, 3.05) is 39.9 Å². The van der Waals surface area contributed by atoms with Crippen LogP contribution in [0.5, 0.6) is 0 Å². The summed E-state index contributed by atoms with van der Waals surface area (Å²) in [6, 6.07) is 3.59. The number of hydrogen-bond donors (Lipinski definition) is 0. The van der Waals surface area contributed by atoms with Crippen molar-refractivity contribution in [3.63, 3.8) is 0 Å². The van der Waals surface area contributed by atoms with Gasteiger partial charge in [0.05, 0.1) is 28.4 Å². The van der Waals surface area contributed by atoms with Gasteiger partial charge >= 0.3 is 0 Å². The average Bonchev–Trinajstić information content (AvgIpc) is 2.85. The van der Waals surface area contributed by atoms with Crippen LogP contribution in [0.4, 0.5) is 0 Å². The maximum atomic E-state index is 12.1. The van der Waals surface area contributed by atoms with Gasteiger partial charge in [0.2, 0.25) is 5.91 Å². The standard InChI is InChI=1S/C12H15BrN2O3S/c1-14(12(17)9-2-3-10(13)19-9)8-11(16)15-4-6-18-7-5-15/h2-3H,4-8H2,1H3. The normalized spacial score (nSPS) is 15.4. The minimum Gasteiger partial charge on any atom is -0.378 e. The third-order valence-electron chi connectivity index (χ3n) is 2.87. The molecule has 0 saturated carbocycles. The van der Waals surface area contributed by atoms with Crippen LogP contribution in [-0.2, 0) is 9.53 Å². The van der Waals surface area contributed by atoms with Crippen molar-refractivity contribution in [3.8, 4) is 0 Å². The number of amides is 2. The van der Waals surface area contributed by atoms with Crippen molar-refractivity contribution in [1.82, 2.24) is 9.80 Å². The van der Waals surface area contributed by atoms with Gasteiger partial charge in [-0.2, -0.15) is 0 Å². The smallest absolute Gasteiger partial charge is 0.264 e. The molecular formula is C12H15BrN2O3S. The van der Waals surface area contributed by atoms with E-state index in [-0.39, 0.29) is 18.4 Å². The van der Waals surface area contributed by atoms with Gasteiger partial charge < -0.3 is 14.5 Å². The molecule has 0 aliphatic carbocycles. The molecule has 5 nitrogen and oxygen atoms in total. The van der Waals surface area contributed by atoms with Crippen molar-refractivity contribution >= 4 is 39.1 Å². The van der Waals surface area contributed by atoms with Crippen LogP contribution in [0.1, 0.15) is 9.67 Å². The highest BCUT2D eigenvalue weighted by atomic mass is 79.9. The van der Waals surface area contributed by atoms with Gasteiger partial charge in [-0.3, -0.25) is 9.59 Å². The monoisotopic (exact) mass is 346 g/mol. The van der Waals surface area contributed by atoms with E-state index in [9.17, 15) is 9.59 Å². The first-order chi connectivity index (χ1) is 9.08. The Morgan fingerprint density at radius 2 is 2.11 bits per heavy atom. The van der Waals surface area contributed by atoms with Crippen molar-refractivity contribution in [2.24, 2.45) is 0 Å². The highest BCUT2D eigenvalue weighted by Gasteiger charge is 2.21. The van der Waals surface area contributed by atoms with Gasteiger partial charge in [-0.15, -0.1) is 11.3 Å². The molecule has 104 valence electrons. The van der Waals surface area contributed by atoms with E-state index in [1.807, 2.05) is 6.07 Å². The van der Waals surface area contributed by atoms with Crippen LogP contribution in [-0.4, -0.2) is 61.5 Å². The molecule has 0 aromatic carbocycles. The molecule has 1 aliphatic heterocycles. The second kappa shape index (κ2) is 6.49. The lowest BCUT2D eigenvalue weighted by Crippen LogP contribution is -2.46. The fraction of sp³-hybridized carbons (Fsp3) is 0.500. The summed E-state index contributed by atoms with van der Waals surface area (Å²) in [5, 5.41) is 0. The Balaban J connectivity index is 1.91. The predicted molar refractivity (Wildman–Crippen MR) is 76.4 cm³/mol. The fourth-order valence-corrected chi connectivity index (χ4v) is 3.19. The number of morpholine rings is 1. The van der Waals surface area contributed by atoms with Crippen molar-refractivity contribution < 1.29 is 14.3 Å². The molecule has 0 spiro atoms. The van der Waals surface area contributed by atoms with Crippen LogP contribution in [0, 0.1) is 0 Å². The molecule has 1 aromatic heterocycles. The lowest BCUT2D eigenvalue weighted by Gasteiger charge is -2.28. The predicted octanol–water partition coefficient (Wildman–Crippen LogP) is 1.44. The molecule has 2 rings (SSSR count). The second-order valence-electron chi connectivity index (χ2n) is 4.26. The Hall–Kier alpha value is -0.920. The summed E-state index contributed by atoms with van der Waals surface area (Å²) in [5.41, 5.74) is 0. The van der Waals surface area contributed by atoms with E-state index in [1.165, 1.54) is 16.2 Å². The first-order valence-corrected chi connectivity index (χ1v) is 7.55. The molecule has 0 unspecified atom stereocenters. The average molecular weight is 347 g/mol. The third-order valence-corrected chi connectivity index (χ3v) is 4.48. The molecule has 1 aliphatic rings. The van der Waals surface area contributed by atoms with Crippen LogP contribution >= 0.6 is 27.3 Å². The fourth-order valence-electron chi connectivity index (χ4n) is 1.80. The molecule has 0 atom stereocenters. The molecule has 7 heteroatoms. The van der Waals surface area contributed by atoms with Gasteiger partial charge in [-0.25, -0.2) is 0 Å². The second-order valence-corrected chi connectivity index (χ2v) is 6.72. The highest BCUT2D eigenvalue weighted by molar-refractivity contribution is 9.11. The molecule has 2 heterocycles. The summed E-state index contributed by atoms with van der Waals surface area (Å²) in [4.78, 5) is 27.9. The van der Waals surface area contributed by atoms with Crippen LogP contribution in [0.15, 0.2) is 15.9 Å². The van der Waals surface area contributed by atoms with Gasteiger partial charge in [-0.1, -0.05) is 0 Å². The quantitative estimate of drug-likeness (QED) is 0.832. The maximum absolute atomic E-state index is 12.1. The lowest BCUT2D eigenvalue weighted by molar-refractivity contribution is -0.135. The Morgan fingerprint density at radius 1 is 1.42 bits per heavy atom. The van der Waals surface area contributed by atoms with Gasteiger partial charge in [0.25, 0.3) is 5.91 Å². The van der Waals surface area contributed by atoms with Gasteiger partial charge in [-0.05, 0) is 28.1 Å². The zero-order valence-electron chi connectivity index (χ0n) is 10.6. The first-order valence-electron chi connectivity index (χ1n) is 5.94. The third kappa shape index (κ3) is 3.77. The number of nitrogens with zero attached hydrogens (tertiary/aromatic N) is 2. The highest BCUT2D eigenvalue weighted by Crippen LogP contribution is 2.23. The van der Waals surface area contributed by atoms with Gasteiger partial charge in [0.1, 0.15) is 0 Å². The number of ether oxygens (including phenoxy) is 1. The molecule has 0 N–H and O–H groups in total. The molecule has 1 saturated heterocycles. The minimum atomic E-state index is -0.127. The number of halogens is 1. The summed E-state index contributed by atoms with van der Waals surface area (Å²) in [7, 11) is 1.65. The Kier molecular flexibility index (Phi) is 4.95. The van der Waals surface area contributed by atoms with Crippen LogP contribution in [0.25, 0.3) is 0 Å². The minimum absolute atomic E-state index is 0.0326. The Labute approximate surface area is 124 Å². The largest absolute Gasteiger partial charge is 0.378 e.